The molecule has 0 spiro atoms. The van der Waals surface area contributed by atoms with Crippen LogP contribution in [0.3, 0.4) is 0 Å². The Hall–Kier alpha value is -5.84. The molecule has 0 aromatic heterocycles. The van der Waals surface area contributed by atoms with Crippen LogP contribution in [0.25, 0.3) is 11.1 Å². The van der Waals surface area contributed by atoms with E-state index < -0.39 is 29.8 Å². The third-order valence-electron chi connectivity index (χ3n) is 8.12. The van der Waals surface area contributed by atoms with Crippen LogP contribution in [0.15, 0.2) is 103 Å². The van der Waals surface area contributed by atoms with Crippen molar-refractivity contribution < 1.29 is 33.8 Å². The van der Waals surface area contributed by atoms with Gasteiger partial charge in [0.15, 0.2) is 0 Å². The van der Waals surface area contributed by atoms with E-state index in [4.69, 9.17) is 9.47 Å². The van der Waals surface area contributed by atoms with E-state index in [2.05, 4.69) is 16.0 Å². The van der Waals surface area contributed by atoms with Crippen LogP contribution >= 0.6 is 0 Å². The Bertz CT molecular complexity index is 1730. The lowest BCUT2D eigenvalue weighted by Crippen LogP contribution is -2.50. The summed E-state index contributed by atoms with van der Waals surface area (Å²) in [5.74, 6) is -0.759. The van der Waals surface area contributed by atoms with Crippen molar-refractivity contribution in [2.75, 3.05) is 33.4 Å². The highest BCUT2D eigenvalue weighted by Gasteiger charge is 2.28. The van der Waals surface area contributed by atoms with Crippen molar-refractivity contribution in [3.8, 4) is 28.4 Å². The van der Waals surface area contributed by atoms with E-state index in [1.165, 1.54) is 17.0 Å². The zero-order valence-corrected chi connectivity index (χ0v) is 27.3. The van der Waals surface area contributed by atoms with Gasteiger partial charge in [0.1, 0.15) is 42.5 Å². The number of hydrogen-bond acceptors (Lipinski definition) is 7. The van der Waals surface area contributed by atoms with Gasteiger partial charge in [0.2, 0.25) is 17.7 Å². The predicted molar refractivity (Wildman–Crippen MR) is 184 cm³/mol. The fraction of sp³-hybridized carbons (Fsp3) is 0.263. The van der Waals surface area contributed by atoms with Gasteiger partial charge < -0.3 is 35.4 Å². The van der Waals surface area contributed by atoms with E-state index in [-0.39, 0.29) is 62.8 Å². The topological polar surface area (TPSA) is 146 Å². The van der Waals surface area contributed by atoms with E-state index in [0.29, 0.717) is 11.5 Å². The smallest absolute Gasteiger partial charge is 0.255 e. The minimum absolute atomic E-state index is 0.0236. The average Bonchev–Trinajstić information content (AvgIpc) is 3.12. The summed E-state index contributed by atoms with van der Waals surface area (Å²) in [6.07, 6.45) is 0.0303. The van der Waals surface area contributed by atoms with Crippen LogP contribution in [0, 0.1) is 0 Å². The molecular formula is C38H40N4O7. The summed E-state index contributed by atoms with van der Waals surface area (Å²) in [5.41, 5.74) is 3.12. The minimum Gasteiger partial charge on any atom is -0.508 e. The van der Waals surface area contributed by atoms with Crippen molar-refractivity contribution in [2.24, 2.45) is 0 Å². The monoisotopic (exact) mass is 664 g/mol. The summed E-state index contributed by atoms with van der Waals surface area (Å²) in [6.45, 7) is 0.627. The van der Waals surface area contributed by atoms with E-state index in [0.717, 1.165) is 16.7 Å². The van der Waals surface area contributed by atoms with Crippen molar-refractivity contribution >= 4 is 23.6 Å². The van der Waals surface area contributed by atoms with Crippen LogP contribution in [0.2, 0.25) is 0 Å². The molecule has 254 valence electrons. The van der Waals surface area contributed by atoms with Gasteiger partial charge in [-0.1, -0.05) is 66.7 Å². The SMILES string of the molecule is CN1CCOc2ccccc2C(=O)N[C@H](C(=O)NCCOc2ccc(-c3ccccc3)cc2)CCC(=O)N[C@@H](Cc2ccc(O)cc2)C1=O. The number of likely N-dealkylation sites (N-methyl/N-ethyl adjacent to an activating group) is 1. The number of benzene rings is 4. The molecule has 0 radical (unpaired) electrons. The molecule has 4 N–H and O–H groups in total. The van der Waals surface area contributed by atoms with Gasteiger partial charge in [-0.05, 0) is 59.5 Å². The highest BCUT2D eigenvalue weighted by atomic mass is 16.5. The number of nitrogens with one attached hydrogen (secondary N) is 3. The van der Waals surface area contributed by atoms with Crippen LogP contribution in [0.4, 0.5) is 0 Å². The molecule has 0 unspecified atom stereocenters. The molecule has 0 saturated heterocycles. The van der Waals surface area contributed by atoms with Crippen LogP contribution in [-0.2, 0) is 20.8 Å². The second-order valence-electron chi connectivity index (χ2n) is 11.7. The maximum Gasteiger partial charge on any atom is 0.255 e. The van der Waals surface area contributed by atoms with Gasteiger partial charge in [-0.15, -0.1) is 0 Å². The Morgan fingerprint density at radius 1 is 0.898 bits per heavy atom. The van der Waals surface area contributed by atoms with Crippen molar-refractivity contribution in [3.05, 3.63) is 114 Å². The number of carbonyl (C=O) groups is 4. The molecule has 0 aliphatic carbocycles. The molecule has 0 bridgehead atoms. The molecule has 1 aliphatic heterocycles. The summed E-state index contributed by atoms with van der Waals surface area (Å²) in [7, 11) is 1.61. The number of rotatable bonds is 8. The van der Waals surface area contributed by atoms with Crippen molar-refractivity contribution in [2.45, 2.75) is 31.3 Å². The normalized spacial score (nSPS) is 17.3. The zero-order chi connectivity index (χ0) is 34.6. The van der Waals surface area contributed by atoms with Crippen molar-refractivity contribution in [1.82, 2.24) is 20.9 Å². The first-order valence-corrected chi connectivity index (χ1v) is 16.2. The number of phenols is 1. The lowest BCUT2D eigenvalue weighted by Gasteiger charge is -2.25. The number of carbonyl (C=O) groups excluding carboxylic acids is 4. The maximum absolute atomic E-state index is 13.5. The summed E-state index contributed by atoms with van der Waals surface area (Å²) >= 11 is 0. The van der Waals surface area contributed by atoms with Gasteiger partial charge in [0, 0.05) is 19.9 Å². The number of hydrogen-bond donors (Lipinski definition) is 4. The fourth-order valence-corrected chi connectivity index (χ4v) is 5.40. The Morgan fingerprint density at radius 3 is 2.35 bits per heavy atom. The molecule has 0 saturated carbocycles. The lowest BCUT2D eigenvalue weighted by atomic mass is 10.0. The molecule has 1 heterocycles. The molecule has 11 heteroatoms. The van der Waals surface area contributed by atoms with Gasteiger partial charge in [0.05, 0.1) is 18.7 Å². The fourth-order valence-electron chi connectivity index (χ4n) is 5.40. The Balaban J connectivity index is 1.25. The number of phenolic OH excluding ortho intramolecular Hbond substituents is 1. The molecular weight excluding hydrogens is 624 g/mol. The summed E-state index contributed by atoms with van der Waals surface area (Å²) < 4.78 is 11.7. The van der Waals surface area contributed by atoms with Crippen molar-refractivity contribution in [3.63, 3.8) is 0 Å². The van der Waals surface area contributed by atoms with E-state index in [1.54, 1.807) is 43.4 Å². The van der Waals surface area contributed by atoms with E-state index >= 15 is 0 Å². The van der Waals surface area contributed by atoms with Crippen LogP contribution in [0.1, 0.15) is 28.8 Å². The molecule has 0 fully saturated rings. The van der Waals surface area contributed by atoms with Crippen LogP contribution in [-0.4, -0.2) is 79.1 Å². The van der Waals surface area contributed by atoms with Crippen LogP contribution in [0.5, 0.6) is 17.2 Å². The molecule has 49 heavy (non-hydrogen) atoms. The molecule has 4 aromatic carbocycles. The number of amides is 4. The Kier molecular flexibility index (Phi) is 11.8. The molecule has 1 aliphatic rings. The first-order valence-electron chi connectivity index (χ1n) is 16.2. The molecule has 5 rings (SSSR count). The third-order valence-corrected chi connectivity index (χ3v) is 8.12. The number of fused-ring (bicyclic) bond motifs is 1. The first kappa shape index (κ1) is 34.5. The number of para-hydroxylation sites is 1. The highest BCUT2D eigenvalue weighted by molar-refractivity contribution is 5.99. The van der Waals surface area contributed by atoms with Gasteiger partial charge in [-0.2, -0.15) is 0 Å². The van der Waals surface area contributed by atoms with Crippen molar-refractivity contribution in [1.29, 1.82) is 0 Å². The molecule has 4 aromatic rings. The highest BCUT2D eigenvalue weighted by Crippen LogP contribution is 2.22. The van der Waals surface area contributed by atoms with E-state index in [1.807, 2.05) is 54.6 Å². The summed E-state index contributed by atoms with van der Waals surface area (Å²) in [5, 5.41) is 18.0. The maximum atomic E-state index is 13.5. The Labute approximate surface area is 285 Å². The summed E-state index contributed by atoms with van der Waals surface area (Å²) in [4.78, 5) is 54.9. The largest absolute Gasteiger partial charge is 0.508 e. The van der Waals surface area contributed by atoms with E-state index in [9.17, 15) is 24.3 Å². The molecule has 2 atom stereocenters. The second kappa shape index (κ2) is 16.8. The lowest BCUT2D eigenvalue weighted by molar-refractivity contribution is -0.135. The van der Waals surface area contributed by atoms with Crippen LogP contribution < -0.4 is 25.4 Å². The number of ether oxygens (including phenoxy) is 2. The molecule has 4 amide bonds. The Morgan fingerprint density at radius 2 is 1.59 bits per heavy atom. The predicted octanol–water partition coefficient (Wildman–Crippen LogP) is 3.71. The number of aromatic hydroxyl groups is 1. The van der Waals surface area contributed by atoms with Gasteiger partial charge in [0.25, 0.3) is 5.91 Å². The molecule has 11 nitrogen and oxygen atoms in total. The first-order chi connectivity index (χ1) is 23.8. The summed E-state index contributed by atoms with van der Waals surface area (Å²) in [6, 6.07) is 28.7. The average molecular weight is 665 g/mol. The zero-order valence-electron chi connectivity index (χ0n) is 27.3. The minimum atomic E-state index is -1.06. The quantitative estimate of drug-likeness (QED) is 0.210. The van der Waals surface area contributed by atoms with Gasteiger partial charge in [-0.3, -0.25) is 19.2 Å². The second-order valence-corrected chi connectivity index (χ2v) is 11.7. The van der Waals surface area contributed by atoms with Gasteiger partial charge in [-0.25, -0.2) is 0 Å². The third kappa shape index (κ3) is 9.83. The van der Waals surface area contributed by atoms with Gasteiger partial charge >= 0.3 is 0 Å². The standard InChI is InChI=1S/C38H40N4O7/c1-42-22-24-49-34-10-6-5-9-31(34)36(45)41-32(19-20-35(44)40-33(38(42)47)25-26-11-15-29(43)16-12-26)37(46)39-21-23-48-30-17-13-28(14-18-30)27-7-3-2-4-8-27/h2-18,32-33,43H,19-25H2,1H3,(H,39,46)(H,40,44)(H,41,45)/t32-,33-/m0/s1. The number of nitrogens with zero attached hydrogens (tertiary/aromatic N) is 1.